The van der Waals surface area contributed by atoms with Gasteiger partial charge in [0.1, 0.15) is 0 Å². The lowest BCUT2D eigenvalue weighted by atomic mass is 9.92. The average molecular weight is 380 g/mol. The third-order valence-electron chi connectivity index (χ3n) is 4.91. The maximum absolute atomic E-state index is 13.4. The highest BCUT2D eigenvalue weighted by Gasteiger charge is 2.34. The summed E-state index contributed by atoms with van der Waals surface area (Å²) >= 11 is 0. The number of hydroxylamine groups is 1. The molecule has 6 heteroatoms. The summed E-state index contributed by atoms with van der Waals surface area (Å²) in [5, 5.41) is 3.48. The summed E-state index contributed by atoms with van der Waals surface area (Å²) in [4.78, 5) is 43.2. The van der Waals surface area contributed by atoms with E-state index in [1.165, 1.54) is 18.2 Å². The number of carbonyl (C=O) groups is 3. The smallest absolute Gasteiger partial charge is 0.283 e. The fourth-order valence-electron chi connectivity index (χ4n) is 3.53. The molecule has 0 saturated carbocycles. The Morgan fingerprint density at radius 3 is 2.04 bits per heavy atom. The topological polar surface area (TPSA) is 75.7 Å². The molecule has 0 saturated heterocycles. The van der Waals surface area contributed by atoms with Crippen LogP contribution in [0.4, 0.5) is 5.69 Å². The van der Waals surface area contributed by atoms with Gasteiger partial charge in [0, 0.05) is 0 Å². The summed E-state index contributed by atoms with van der Waals surface area (Å²) in [6.07, 6.45) is 0. The standard InChI is InChI=1S/C22H24N2O4/c1-12(2)14-8-6-9-15(13(3)4)19(14)24(28-5)22(27)17-11-7-10-16-18(17)21(26)23-20(16)25/h6-13H,1-5H3,(H,23,25,26). The van der Waals surface area contributed by atoms with Gasteiger partial charge in [-0.25, -0.2) is 0 Å². The van der Waals surface area contributed by atoms with Crippen molar-refractivity contribution in [3.63, 3.8) is 0 Å². The number of para-hydroxylation sites is 1. The third-order valence-corrected chi connectivity index (χ3v) is 4.91. The van der Waals surface area contributed by atoms with Crippen molar-refractivity contribution in [1.82, 2.24) is 5.32 Å². The van der Waals surface area contributed by atoms with Gasteiger partial charge in [-0.3, -0.25) is 24.5 Å². The molecule has 0 aliphatic carbocycles. The van der Waals surface area contributed by atoms with E-state index in [9.17, 15) is 14.4 Å². The molecule has 1 N–H and O–H groups in total. The van der Waals surface area contributed by atoms with Gasteiger partial charge in [0.15, 0.2) is 0 Å². The second kappa shape index (κ2) is 7.56. The van der Waals surface area contributed by atoms with E-state index in [4.69, 9.17) is 4.84 Å². The molecule has 3 rings (SSSR count). The molecule has 0 aromatic heterocycles. The Morgan fingerprint density at radius 1 is 0.929 bits per heavy atom. The Kier molecular flexibility index (Phi) is 5.34. The van der Waals surface area contributed by atoms with E-state index in [-0.39, 0.29) is 28.5 Å². The molecule has 0 unspecified atom stereocenters. The van der Waals surface area contributed by atoms with Crippen molar-refractivity contribution in [1.29, 1.82) is 0 Å². The quantitative estimate of drug-likeness (QED) is 0.628. The van der Waals surface area contributed by atoms with Gasteiger partial charge in [0.05, 0.1) is 29.5 Å². The van der Waals surface area contributed by atoms with Gasteiger partial charge in [-0.1, -0.05) is 52.0 Å². The van der Waals surface area contributed by atoms with Crippen molar-refractivity contribution in [2.24, 2.45) is 0 Å². The van der Waals surface area contributed by atoms with E-state index in [0.29, 0.717) is 5.69 Å². The SMILES string of the molecule is CON(C(=O)c1cccc2c1C(=O)NC2=O)c1c(C(C)C)cccc1C(C)C. The number of fused-ring (bicyclic) bond motifs is 1. The van der Waals surface area contributed by atoms with Crippen LogP contribution in [-0.4, -0.2) is 24.8 Å². The maximum atomic E-state index is 13.4. The molecule has 1 aliphatic heterocycles. The van der Waals surface area contributed by atoms with Crippen LogP contribution in [0.15, 0.2) is 36.4 Å². The summed E-state index contributed by atoms with van der Waals surface area (Å²) in [5.41, 5.74) is 3.04. The van der Waals surface area contributed by atoms with Crippen molar-refractivity contribution in [3.05, 3.63) is 64.2 Å². The summed E-state index contributed by atoms with van der Waals surface area (Å²) in [7, 11) is 1.42. The normalized spacial score (nSPS) is 13.1. The molecular weight excluding hydrogens is 356 g/mol. The van der Waals surface area contributed by atoms with Crippen molar-refractivity contribution >= 4 is 23.4 Å². The molecule has 0 radical (unpaired) electrons. The first kappa shape index (κ1) is 19.8. The Balaban J connectivity index is 2.19. The number of hydrogen-bond donors (Lipinski definition) is 1. The predicted octanol–water partition coefficient (Wildman–Crippen LogP) is 4.03. The van der Waals surface area contributed by atoms with E-state index in [2.05, 4.69) is 5.32 Å². The number of carbonyl (C=O) groups excluding carboxylic acids is 3. The van der Waals surface area contributed by atoms with E-state index in [1.807, 2.05) is 45.9 Å². The molecule has 2 aromatic carbocycles. The van der Waals surface area contributed by atoms with Gasteiger partial charge in [0.25, 0.3) is 17.7 Å². The minimum atomic E-state index is -0.568. The van der Waals surface area contributed by atoms with Gasteiger partial charge in [-0.2, -0.15) is 5.06 Å². The van der Waals surface area contributed by atoms with Crippen LogP contribution in [0.1, 0.15) is 81.7 Å². The Bertz CT molecular complexity index is 937. The fraction of sp³-hybridized carbons (Fsp3) is 0.318. The number of anilines is 1. The monoisotopic (exact) mass is 380 g/mol. The molecule has 1 heterocycles. The van der Waals surface area contributed by atoms with Crippen molar-refractivity contribution in [3.8, 4) is 0 Å². The highest BCUT2D eigenvalue weighted by molar-refractivity contribution is 6.26. The highest BCUT2D eigenvalue weighted by Crippen LogP contribution is 2.36. The van der Waals surface area contributed by atoms with Crippen LogP contribution in [0.2, 0.25) is 0 Å². The number of hydrogen-bond acceptors (Lipinski definition) is 4. The number of nitrogens with zero attached hydrogens (tertiary/aromatic N) is 1. The number of rotatable bonds is 5. The summed E-state index contributed by atoms with van der Waals surface area (Å²) in [5.74, 6) is -1.24. The first-order valence-electron chi connectivity index (χ1n) is 9.28. The number of imide groups is 1. The zero-order valence-electron chi connectivity index (χ0n) is 16.7. The van der Waals surface area contributed by atoms with E-state index in [1.54, 1.807) is 12.1 Å². The van der Waals surface area contributed by atoms with Crippen LogP contribution in [-0.2, 0) is 4.84 Å². The van der Waals surface area contributed by atoms with Crippen LogP contribution in [0.3, 0.4) is 0 Å². The minimum absolute atomic E-state index is 0.0904. The highest BCUT2D eigenvalue weighted by atomic mass is 16.7. The Morgan fingerprint density at radius 2 is 1.50 bits per heavy atom. The second-order valence-corrected chi connectivity index (χ2v) is 7.39. The van der Waals surface area contributed by atoms with Gasteiger partial charge in [-0.15, -0.1) is 0 Å². The van der Waals surface area contributed by atoms with Crippen LogP contribution in [0, 0.1) is 0 Å². The van der Waals surface area contributed by atoms with Crippen LogP contribution in [0.5, 0.6) is 0 Å². The fourth-order valence-corrected chi connectivity index (χ4v) is 3.53. The predicted molar refractivity (Wildman–Crippen MR) is 107 cm³/mol. The Hall–Kier alpha value is -2.99. The third kappa shape index (κ3) is 3.20. The van der Waals surface area contributed by atoms with E-state index < -0.39 is 17.7 Å². The van der Waals surface area contributed by atoms with Gasteiger partial charge < -0.3 is 0 Å². The van der Waals surface area contributed by atoms with Crippen LogP contribution >= 0.6 is 0 Å². The largest absolute Gasteiger partial charge is 0.288 e. The van der Waals surface area contributed by atoms with E-state index >= 15 is 0 Å². The second-order valence-electron chi connectivity index (χ2n) is 7.39. The lowest BCUT2D eigenvalue weighted by Crippen LogP contribution is -2.33. The molecule has 0 atom stereocenters. The van der Waals surface area contributed by atoms with Crippen LogP contribution in [0.25, 0.3) is 0 Å². The number of nitrogens with one attached hydrogen (secondary N) is 1. The summed E-state index contributed by atoms with van der Waals surface area (Å²) in [6, 6.07) is 10.6. The first-order valence-corrected chi connectivity index (χ1v) is 9.28. The summed E-state index contributed by atoms with van der Waals surface area (Å²) < 4.78 is 0. The average Bonchev–Trinajstić information content (AvgIpc) is 2.96. The summed E-state index contributed by atoms with van der Waals surface area (Å²) in [6.45, 7) is 8.20. The molecule has 1 aliphatic rings. The molecular formula is C22H24N2O4. The minimum Gasteiger partial charge on any atom is -0.288 e. The number of benzene rings is 2. The zero-order valence-corrected chi connectivity index (χ0v) is 16.7. The van der Waals surface area contributed by atoms with Crippen molar-refractivity contribution in [2.45, 2.75) is 39.5 Å². The van der Waals surface area contributed by atoms with Gasteiger partial charge in [-0.05, 0) is 35.1 Å². The molecule has 0 spiro atoms. The number of amides is 3. The molecule has 2 aromatic rings. The first-order chi connectivity index (χ1) is 13.3. The molecule has 3 amide bonds. The lowest BCUT2D eigenvalue weighted by molar-refractivity contribution is 0.0764. The van der Waals surface area contributed by atoms with Gasteiger partial charge in [0.2, 0.25) is 0 Å². The zero-order chi connectivity index (χ0) is 20.6. The van der Waals surface area contributed by atoms with Crippen molar-refractivity contribution in [2.75, 3.05) is 12.2 Å². The van der Waals surface area contributed by atoms with Crippen molar-refractivity contribution < 1.29 is 19.2 Å². The molecule has 146 valence electrons. The molecule has 6 nitrogen and oxygen atoms in total. The maximum Gasteiger partial charge on any atom is 0.283 e. The van der Waals surface area contributed by atoms with Gasteiger partial charge >= 0.3 is 0 Å². The van der Waals surface area contributed by atoms with E-state index in [0.717, 1.165) is 11.1 Å². The van der Waals surface area contributed by atoms with Crippen LogP contribution < -0.4 is 10.4 Å². The molecule has 28 heavy (non-hydrogen) atoms. The molecule has 0 fully saturated rings. The molecule has 0 bridgehead atoms. The Labute approximate surface area is 164 Å². The lowest BCUT2D eigenvalue weighted by Gasteiger charge is -2.28.